The van der Waals surface area contributed by atoms with Crippen LogP contribution in [0.5, 0.6) is 5.75 Å². The molecule has 0 radical (unpaired) electrons. The van der Waals surface area contributed by atoms with Crippen LogP contribution in [0.1, 0.15) is 25.0 Å². The molecule has 4 rings (SSSR count). The van der Waals surface area contributed by atoms with Crippen molar-refractivity contribution in [3.05, 3.63) is 90.0 Å². The Balaban J connectivity index is 0.000000170. The fourth-order valence-electron chi connectivity index (χ4n) is 2.80. The van der Waals surface area contributed by atoms with Gasteiger partial charge in [-0.2, -0.15) is 15.4 Å². The lowest BCUT2D eigenvalue weighted by Gasteiger charge is -2.26. The molecule has 4 nitrogen and oxygen atoms in total. The highest BCUT2D eigenvalue weighted by molar-refractivity contribution is 5.72. The van der Waals surface area contributed by atoms with E-state index in [1.165, 1.54) is 5.56 Å². The molecule has 0 unspecified atom stereocenters. The predicted molar refractivity (Wildman–Crippen MR) is 101 cm³/mol. The summed E-state index contributed by atoms with van der Waals surface area (Å²) in [5.41, 5.74) is 3.82. The SMILES string of the molecule is CC(C)(c1ccccc1)c1ccccc1O.c1ccc2n[nH]nc2c1. The Kier molecular flexibility index (Phi) is 4.80. The second-order valence-electron chi connectivity index (χ2n) is 6.32. The van der Waals surface area contributed by atoms with Crippen LogP contribution in [-0.2, 0) is 5.41 Å². The average molecular weight is 331 g/mol. The van der Waals surface area contributed by atoms with Gasteiger partial charge < -0.3 is 5.11 Å². The molecule has 0 spiro atoms. The average Bonchev–Trinajstić information content (AvgIpc) is 3.12. The van der Waals surface area contributed by atoms with Crippen molar-refractivity contribution < 1.29 is 5.11 Å². The van der Waals surface area contributed by atoms with Crippen LogP contribution < -0.4 is 0 Å². The molecule has 25 heavy (non-hydrogen) atoms. The van der Waals surface area contributed by atoms with Crippen LogP contribution in [-0.4, -0.2) is 20.5 Å². The summed E-state index contributed by atoms with van der Waals surface area (Å²) < 4.78 is 0. The third kappa shape index (κ3) is 3.69. The minimum absolute atomic E-state index is 0.174. The highest BCUT2D eigenvalue weighted by Gasteiger charge is 2.25. The second-order valence-corrected chi connectivity index (χ2v) is 6.32. The summed E-state index contributed by atoms with van der Waals surface area (Å²) in [6, 6.07) is 25.5. The van der Waals surface area contributed by atoms with Crippen molar-refractivity contribution in [1.82, 2.24) is 15.4 Å². The Hall–Kier alpha value is -3.14. The maximum Gasteiger partial charge on any atom is 0.119 e. The fraction of sp³-hybridized carbons (Fsp3) is 0.143. The molecule has 0 saturated carbocycles. The van der Waals surface area contributed by atoms with Gasteiger partial charge in [-0.05, 0) is 23.8 Å². The third-order valence-corrected chi connectivity index (χ3v) is 4.30. The zero-order valence-electron chi connectivity index (χ0n) is 14.3. The van der Waals surface area contributed by atoms with Crippen molar-refractivity contribution in [2.45, 2.75) is 19.3 Å². The molecule has 3 aromatic carbocycles. The smallest absolute Gasteiger partial charge is 0.119 e. The predicted octanol–water partition coefficient (Wildman–Crippen LogP) is 4.68. The highest BCUT2D eigenvalue weighted by Crippen LogP contribution is 2.36. The van der Waals surface area contributed by atoms with E-state index in [1.807, 2.05) is 60.7 Å². The van der Waals surface area contributed by atoms with Crippen LogP contribution in [0.2, 0.25) is 0 Å². The van der Waals surface area contributed by atoms with E-state index in [9.17, 15) is 5.11 Å². The molecule has 0 aliphatic rings. The van der Waals surface area contributed by atoms with Crippen molar-refractivity contribution in [3.8, 4) is 5.75 Å². The zero-order chi connectivity index (χ0) is 17.7. The summed E-state index contributed by atoms with van der Waals surface area (Å²) in [4.78, 5) is 0. The number of phenolic OH excluding ortho intramolecular Hbond substituents is 1. The first-order valence-corrected chi connectivity index (χ1v) is 8.18. The number of aromatic amines is 1. The van der Waals surface area contributed by atoms with Crippen molar-refractivity contribution in [3.63, 3.8) is 0 Å². The fourth-order valence-corrected chi connectivity index (χ4v) is 2.80. The van der Waals surface area contributed by atoms with Gasteiger partial charge in [-0.15, -0.1) is 0 Å². The number of hydrogen-bond donors (Lipinski definition) is 2. The van der Waals surface area contributed by atoms with Crippen LogP contribution in [0.15, 0.2) is 78.9 Å². The van der Waals surface area contributed by atoms with E-state index in [4.69, 9.17) is 0 Å². The van der Waals surface area contributed by atoms with E-state index in [-0.39, 0.29) is 5.41 Å². The van der Waals surface area contributed by atoms with E-state index in [0.29, 0.717) is 5.75 Å². The highest BCUT2D eigenvalue weighted by atomic mass is 16.3. The van der Waals surface area contributed by atoms with E-state index in [2.05, 4.69) is 41.4 Å². The molecule has 0 aliphatic carbocycles. The van der Waals surface area contributed by atoms with Gasteiger partial charge in [0.1, 0.15) is 16.8 Å². The molecule has 1 heterocycles. The van der Waals surface area contributed by atoms with Gasteiger partial charge in [-0.25, -0.2) is 0 Å². The third-order valence-electron chi connectivity index (χ3n) is 4.30. The van der Waals surface area contributed by atoms with Crippen LogP contribution in [0, 0.1) is 0 Å². The first-order chi connectivity index (χ1) is 12.1. The van der Waals surface area contributed by atoms with Gasteiger partial charge in [0.25, 0.3) is 0 Å². The molecular weight excluding hydrogens is 310 g/mol. The van der Waals surface area contributed by atoms with Gasteiger partial charge in [0.05, 0.1) is 0 Å². The Labute approximate surface area is 147 Å². The normalized spacial score (nSPS) is 11.0. The molecule has 0 fully saturated rings. The molecule has 1 aromatic heterocycles. The largest absolute Gasteiger partial charge is 0.508 e. The zero-order valence-corrected chi connectivity index (χ0v) is 14.3. The molecule has 0 saturated heterocycles. The number of H-pyrrole nitrogens is 1. The van der Waals surface area contributed by atoms with Gasteiger partial charge in [0.15, 0.2) is 0 Å². The number of para-hydroxylation sites is 3. The monoisotopic (exact) mass is 331 g/mol. The summed E-state index contributed by atoms with van der Waals surface area (Å²) in [7, 11) is 0. The minimum Gasteiger partial charge on any atom is -0.508 e. The van der Waals surface area contributed by atoms with Crippen molar-refractivity contribution in [1.29, 1.82) is 0 Å². The molecule has 0 atom stereocenters. The number of fused-ring (bicyclic) bond motifs is 1. The number of hydrogen-bond acceptors (Lipinski definition) is 3. The lowest BCUT2D eigenvalue weighted by molar-refractivity contribution is 0.453. The molecule has 4 heteroatoms. The number of aromatic hydroxyl groups is 1. The van der Waals surface area contributed by atoms with E-state index >= 15 is 0 Å². The van der Waals surface area contributed by atoms with E-state index in [1.54, 1.807) is 6.07 Å². The summed E-state index contributed by atoms with van der Waals surface area (Å²) in [5.74, 6) is 0.358. The van der Waals surface area contributed by atoms with Crippen LogP contribution >= 0.6 is 0 Å². The Bertz CT molecular complexity index is 915. The Morgan fingerprint density at radius 2 is 1.24 bits per heavy atom. The number of rotatable bonds is 2. The van der Waals surface area contributed by atoms with E-state index in [0.717, 1.165) is 16.6 Å². The van der Waals surface area contributed by atoms with Crippen LogP contribution in [0.25, 0.3) is 11.0 Å². The second kappa shape index (κ2) is 7.18. The lowest BCUT2D eigenvalue weighted by atomic mass is 9.78. The van der Waals surface area contributed by atoms with Gasteiger partial charge in [-0.3, -0.25) is 0 Å². The summed E-state index contributed by atoms with van der Waals surface area (Å²) in [5, 5.41) is 20.2. The lowest BCUT2D eigenvalue weighted by Crippen LogP contribution is -2.18. The van der Waals surface area contributed by atoms with Gasteiger partial charge in [0.2, 0.25) is 0 Å². The molecular formula is C21H21N3O. The number of nitrogens with zero attached hydrogens (tertiary/aromatic N) is 2. The summed E-state index contributed by atoms with van der Waals surface area (Å²) in [6.07, 6.45) is 0. The number of nitrogens with one attached hydrogen (secondary N) is 1. The topological polar surface area (TPSA) is 61.8 Å². The Morgan fingerprint density at radius 3 is 1.84 bits per heavy atom. The first kappa shape index (κ1) is 16.7. The van der Waals surface area contributed by atoms with Crippen LogP contribution in [0.4, 0.5) is 0 Å². The van der Waals surface area contributed by atoms with Crippen molar-refractivity contribution in [2.24, 2.45) is 0 Å². The van der Waals surface area contributed by atoms with Crippen molar-refractivity contribution >= 4 is 11.0 Å². The maximum atomic E-state index is 9.91. The standard InChI is InChI=1S/C15H16O.C6H5N3/c1-15(2,12-8-4-3-5-9-12)13-10-6-7-11-14(13)16;1-2-4-6-5(3-1)7-9-8-6/h3-11,16H,1-2H3;1-4H,(H,7,8,9). The number of benzene rings is 3. The maximum absolute atomic E-state index is 9.91. The van der Waals surface area contributed by atoms with Gasteiger partial charge in [-0.1, -0.05) is 74.5 Å². The van der Waals surface area contributed by atoms with Gasteiger partial charge >= 0.3 is 0 Å². The molecule has 0 amide bonds. The van der Waals surface area contributed by atoms with E-state index < -0.39 is 0 Å². The quantitative estimate of drug-likeness (QED) is 0.561. The first-order valence-electron chi connectivity index (χ1n) is 8.18. The summed E-state index contributed by atoms with van der Waals surface area (Å²) in [6.45, 7) is 4.24. The number of phenols is 1. The molecule has 4 aromatic rings. The number of aromatic nitrogens is 3. The minimum atomic E-state index is -0.174. The molecule has 126 valence electrons. The molecule has 0 bridgehead atoms. The van der Waals surface area contributed by atoms with Gasteiger partial charge in [0, 0.05) is 11.0 Å². The molecule has 0 aliphatic heterocycles. The Morgan fingerprint density at radius 1 is 0.720 bits per heavy atom. The molecule has 2 N–H and O–H groups in total. The van der Waals surface area contributed by atoms with Crippen molar-refractivity contribution in [2.75, 3.05) is 0 Å². The summed E-state index contributed by atoms with van der Waals surface area (Å²) >= 11 is 0. The van der Waals surface area contributed by atoms with Crippen LogP contribution in [0.3, 0.4) is 0 Å².